The molecule has 0 radical (unpaired) electrons. The van der Waals surface area contributed by atoms with Crippen LogP contribution in [0.2, 0.25) is 0 Å². The Bertz CT molecular complexity index is 991. The van der Waals surface area contributed by atoms with Crippen LogP contribution in [0.4, 0.5) is 0 Å². The van der Waals surface area contributed by atoms with E-state index in [0.29, 0.717) is 12.2 Å². The molecule has 1 fully saturated rings. The quantitative estimate of drug-likeness (QED) is 0.442. The highest BCUT2D eigenvalue weighted by Gasteiger charge is 2.54. The minimum atomic E-state index is -0.828. The fourth-order valence-corrected chi connectivity index (χ4v) is 3.84. The molecule has 5 nitrogen and oxygen atoms in total. The summed E-state index contributed by atoms with van der Waals surface area (Å²) in [5.74, 6) is -0.698. The van der Waals surface area contributed by atoms with Crippen molar-refractivity contribution in [2.75, 3.05) is 7.11 Å². The summed E-state index contributed by atoms with van der Waals surface area (Å²) in [6.45, 7) is 0.322. The van der Waals surface area contributed by atoms with Crippen LogP contribution in [0.3, 0.4) is 0 Å². The zero-order valence-corrected chi connectivity index (χ0v) is 16.7. The number of esters is 1. The number of rotatable bonds is 7. The number of ether oxygens (including phenoxy) is 2. The van der Waals surface area contributed by atoms with Crippen molar-refractivity contribution >= 4 is 11.9 Å². The highest BCUT2D eigenvalue weighted by atomic mass is 16.5. The third kappa shape index (κ3) is 3.84. The lowest BCUT2D eigenvalue weighted by Crippen LogP contribution is -2.62. The summed E-state index contributed by atoms with van der Waals surface area (Å²) >= 11 is 0. The summed E-state index contributed by atoms with van der Waals surface area (Å²) in [5.41, 5.74) is 2.61. The van der Waals surface area contributed by atoms with E-state index in [1.807, 2.05) is 91.0 Å². The summed E-state index contributed by atoms with van der Waals surface area (Å²) in [7, 11) is 1.34. The molecular formula is C25H23NO4. The van der Waals surface area contributed by atoms with Crippen molar-refractivity contribution in [2.45, 2.75) is 24.8 Å². The first-order chi connectivity index (χ1) is 14.7. The van der Waals surface area contributed by atoms with Gasteiger partial charge in [0.25, 0.3) is 5.91 Å². The van der Waals surface area contributed by atoms with Gasteiger partial charge in [-0.05, 0) is 16.7 Å². The molecule has 3 atom stereocenters. The Hall–Kier alpha value is -3.44. The fraction of sp³-hybridized carbons (Fsp3) is 0.200. The Balaban J connectivity index is 1.66. The molecule has 1 amide bonds. The Morgan fingerprint density at radius 2 is 1.47 bits per heavy atom. The van der Waals surface area contributed by atoms with Gasteiger partial charge in [0.15, 0.2) is 12.1 Å². The lowest BCUT2D eigenvalue weighted by molar-refractivity contribution is -0.189. The number of hydrogen-bond donors (Lipinski definition) is 0. The second-order valence-electron chi connectivity index (χ2n) is 7.15. The number of hydrogen-bond acceptors (Lipinski definition) is 4. The molecule has 1 saturated heterocycles. The third-order valence-corrected chi connectivity index (χ3v) is 5.32. The van der Waals surface area contributed by atoms with Crippen molar-refractivity contribution in [3.05, 3.63) is 108 Å². The van der Waals surface area contributed by atoms with Gasteiger partial charge in [0.1, 0.15) is 0 Å². The summed E-state index contributed by atoms with van der Waals surface area (Å²) in [5, 5.41) is 0. The first kappa shape index (κ1) is 19.9. The van der Waals surface area contributed by atoms with Crippen molar-refractivity contribution in [3.63, 3.8) is 0 Å². The van der Waals surface area contributed by atoms with Crippen LogP contribution in [-0.2, 0) is 25.7 Å². The molecule has 0 aliphatic carbocycles. The van der Waals surface area contributed by atoms with Crippen LogP contribution in [0.1, 0.15) is 28.8 Å². The molecule has 4 rings (SSSR count). The van der Waals surface area contributed by atoms with Gasteiger partial charge in [-0.3, -0.25) is 4.79 Å². The zero-order chi connectivity index (χ0) is 20.9. The zero-order valence-electron chi connectivity index (χ0n) is 16.7. The molecule has 5 heteroatoms. The standard InChI is InChI=1S/C25H23NO4/c1-29-25(28)22(20-15-9-4-10-16-20)26-21(19-13-7-3-8-14-19)23(24(26)27)30-17-18-11-5-2-6-12-18/h2-16,21-23H,17H2,1H3. The maximum absolute atomic E-state index is 13.2. The van der Waals surface area contributed by atoms with Crippen LogP contribution < -0.4 is 0 Å². The molecule has 3 unspecified atom stereocenters. The van der Waals surface area contributed by atoms with Crippen molar-refractivity contribution in [3.8, 4) is 0 Å². The number of β-lactam (4-membered cyclic amide) rings is 1. The molecule has 30 heavy (non-hydrogen) atoms. The average Bonchev–Trinajstić information content (AvgIpc) is 2.81. The van der Waals surface area contributed by atoms with E-state index < -0.39 is 18.1 Å². The maximum atomic E-state index is 13.2. The molecule has 1 aliphatic heterocycles. The minimum Gasteiger partial charge on any atom is -0.467 e. The van der Waals surface area contributed by atoms with Gasteiger partial charge in [-0.2, -0.15) is 0 Å². The summed E-state index contributed by atoms with van der Waals surface area (Å²) < 4.78 is 11.1. The van der Waals surface area contributed by atoms with E-state index in [-0.39, 0.29) is 11.9 Å². The number of amides is 1. The lowest BCUT2D eigenvalue weighted by atomic mass is 9.86. The van der Waals surface area contributed by atoms with Gasteiger partial charge in [-0.15, -0.1) is 0 Å². The Kier molecular flexibility index (Phi) is 5.91. The largest absolute Gasteiger partial charge is 0.467 e. The maximum Gasteiger partial charge on any atom is 0.333 e. The van der Waals surface area contributed by atoms with E-state index in [0.717, 1.165) is 11.1 Å². The van der Waals surface area contributed by atoms with Gasteiger partial charge in [0, 0.05) is 0 Å². The van der Waals surface area contributed by atoms with Crippen LogP contribution in [0.5, 0.6) is 0 Å². The van der Waals surface area contributed by atoms with Gasteiger partial charge in [0.2, 0.25) is 0 Å². The molecule has 0 saturated carbocycles. The van der Waals surface area contributed by atoms with E-state index in [4.69, 9.17) is 9.47 Å². The second-order valence-corrected chi connectivity index (χ2v) is 7.15. The number of nitrogens with zero attached hydrogens (tertiary/aromatic N) is 1. The van der Waals surface area contributed by atoms with Crippen LogP contribution in [-0.4, -0.2) is 30.0 Å². The van der Waals surface area contributed by atoms with E-state index in [9.17, 15) is 9.59 Å². The lowest BCUT2D eigenvalue weighted by Gasteiger charge is -2.49. The van der Waals surface area contributed by atoms with E-state index in [1.54, 1.807) is 4.90 Å². The van der Waals surface area contributed by atoms with E-state index >= 15 is 0 Å². The number of methoxy groups -OCH3 is 1. The van der Waals surface area contributed by atoms with E-state index in [2.05, 4.69) is 0 Å². The van der Waals surface area contributed by atoms with Gasteiger partial charge < -0.3 is 14.4 Å². The minimum absolute atomic E-state index is 0.223. The molecule has 0 N–H and O–H groups in total. The molecule has 0 bridgehead atoms. The van der Waals surface area contributed by atoms with Crippen LogP contribution >= 0.6 is 0 Å². The summed E-state index contributed by atoms with van der Waals surface area (Å²) in [4.78, 5) is 27.5. The number of carbonyl (C=O) groups is 2. The monoisotopic (exact) mass is 401 g/mol. The van der Waals surface area contributed by atoms with Crippen LogP contribution in [0.25, 0.3) is 0 Å². The predicted octanol–water partition coefficient (Wildman–Crippen LogP) is 4.07. The van der Waals surface area contributed by atoms with Gasteiger partial charge in [0.05, 0.1) is 19.8 Å². The van der Waals surface area contributed by atoms with E-state index in [1.165, 1.54) is 7.11 Å². The topological polar surface area (TPSA) is 55.8 Å². The first-order valence-electron chi connectivity index (χ1n) is 9.86. The fourth-order valence-electron chi connectivity index (χ4n) is 3.84. The van der Waals surface area contributed by atoms with Gasteiger partial charge in [-0.25, -0.2) is 4.79 Å². The summed E-state index contributed by atoms with van der Waals surface area (Å²) in [6, 6.07) is 27.4. The molecule has 0 spiro atoms. The molecule has 3 aromatic rings. The SMILES string of the molecule is COC(=O)C(c1ccccc1)N1C(=O)C(OCc2ccccc2)C1c1ccccc1. The Morgan fingerprint density at radius 1 is 0.900 bits per heavy atom. The van der Waals surface area contributed by atoms with Crippen LogP contribution in [0.15, 0.2) is 91.0 Å². The average molecular weight is 401 g/mol. The smallest absolute Gasteiger partial charge is 0.333 e. The normalized spacial score (nSPS) is 19.1. The highest BCUT2D eigenvalue weighted by molar-refractivity contribution is 5.94. The predicted molar refractivity (Wildman–Crippen MR) is 112 cm³/mol. The first-order valence-corrected chi connectivity index (χ1v) is 9.86. The number of likely N-dealkylation sites (tertiary alicyclic amines) is 1. The van der Waals surface area contributed by atoms with Crippen molar-refractivity contribution < 1.29 is 19.1 Å². The van der Waals surface area contributed by atoms with Crippen molar-refractivity contribution in [2.24, 2.45) is 0 Å². The Labute approximate surface area is 175 Å². The van der Waals surface area contributed by atoms with Crippen molar-refractivity contribution in [1.29, 1.82) is 0 Å². The van der Waals surface area contributed by atoms with Gasteiger partial charge >= 0.3 is 5.97 Å². The highest BCUT2D eigenvalue weighted by Crippen LogP contribution is 2.44. The molecule has 152 valence electrons. The molecule has 1 heterocycles. The summed E-state index contributed by atoms with van der Waals surface area (Å²) in [6.07, 6.45) is -0.663. The number of benzene rings is 3. The third-order valence-electron chi connectivity index (χ3n) is 5.32. The second kappa shape index (κ2) is 8.93. The molecule has 0 aromatic heterocycles. The number of carbonyl (C=O) groups excluding carboxylic acids is 2. The molecule has 1 aliphatic rings. The Morgan fingerprint density at radius 3 is 2.07 bits per heavy atom. The van der Waals surface area contributed by atoms with Crippen LogP contribution in [0, 0.1) is 0 Å². The molecular weight excluding hydrogens is 378 g/mol. The van der Waals surface area contributed by atoms with Crippen molar-refractivity contribution in [1.82, 2.24) is 4.90 Å². The molecule has 3 aromatic carbocycles. The van der Waals surface area contributed by atoms with Gasteiger partial charge in [-0.1, -0.05) is 91.0 Å².